The van der Waals surface area contributed by atoms with Crippen molar-refractivity contribution in [2.75, 3.05) is 7.11 Å². The van der Waals surface area contributed by atoms with E-state index in [0.717, 1.165) is 24.8 Å². The van der Waals surface area contributed by atoms with Crippen molar-refractivity contribution in [2.24, 2.45) is 0 Å². The predicted octanol–water partition coefficient (Wildman–Crippen LogP) is 5.10. The molecule has 3 nitrogen and oxygen atoms in total. The average molecular weight is 364 g/mol. The number of hydrogen-bond donors (Lipinski definition) is 0. The summed E-state index contributed by atoms with van der Waals surface area (Å²) in [6, 6.07) is 7.15. The van der Waals surface area contributed by atoms with Crippen LogP contribution >= 0.6 is 0 Å². The van der Waals surface area contributed by atoms with Gasteiger partial charge in [-0.15, -0.1) is 0 Å². The molecule has 0 unspecified atom stereocenters. The van der Waals surface area contributed by atoms with Crippen molar-refractivity contribution in [1.29, 1.82) is 0 Å². The summed E-state index contributed by atoms with van der Waals surface area (Å²) >= 11 is 0. The Kier molecular flexibility index (Phi) is 14.4. The summed E-state index contributed by atoms with van der Waals surface area (Å²) in [5.74, 6) is 0. The minimum absolute atomic E-state index is 0. The molecular formula is C19H32NaO3S. The minimum Gasteiger partial charge on any atom is -0.270 e. The third kappa shape index (κ3) is 9.57. The molecule has 0 saturated carbocycles. The van der Waals surface area contributed by atoms with Crippen LogP contribution in [0.1, 0.15) is 76.7 Å². The Balaban J connectivity index is 0.00000529. The average Bonchev–Trinajstić information content (AvgIpc) is 2.57. The number of hydrogen-bond acceptors (Lipinski definition) is 3. The maximum absolute atomic E-state index is 11.9. The smallest absolute Gasteiger partial charge is 0.270 e. The summed E-state index contributed by atoms with van der Waals surface area (Å²) in [6.45, 7) is 2.25. The van der Waals surface area contributed by atoms with Crippen LogP contribution in [-0.2, 0) is 20.7 Å². The molecule has 0 bridgehead atoms. The normalized spacial score (nSPS) is 11.2. The maximum Gasteiger partial charge on any atom is 0.296 e. The standard InChI is InChI=1S/C19H32O3S.Na/c1-3-4-5-6-7-8-9-10-11-12-15-18-16-13-14-17-19(18)23(20,21)22-2;/h13-14,16-17H,3-12,15H2,1-2H3;. The fraction of sp³-hybridized carbons (Fsp3) is 0.684. The molecule has 1 aromatic rings. The molecule has 0 fully saturated rings. The van der Waals surface area contributed by atoms with Gasteiger partial charge in [0.15, 0.2) is 0 Å². The molecule has 0 N–H and O–H groups in total. The van der Waals surface area contributed by atoms with Crippen LogP contribution in [0.25, 0.3) is 0 Å². The molecule has 1 rings (SSSR count). The second-order valence-electron chi connectivity index (χ2n) is 6.16. The fourth-order valence-electron chi connectivity index (χ4n) is 2.85. The van der Waals surface area contributed by atoms with E-state index in [4.69, 9.17) is 0 Å². The van der Waals surface area contributed by atoms with Crippen LogP contribution in [0.5, 0.6) is 0 Å². The number of benzene rings is 1. The first kappa shape index (κ1) is 24.1. The third-order valence-corrected chi connectivity index (χ3v) is 5.64. The van der Waals surface area contributed by atoms with Crippen molar-refractivity contribution in [3.8, 4) is 0 Å². The van der Waals surface area contributed by atoms with Gasteiger partial charge in [-0.1, -0.05) is 82.9 Å². The minimum atomic E-state index is -3.59. The van der Waals surface area contributed by atoms with E-state index in [1.54, 1.807) is 12.1 Å². The van der Waals surface area contributed by atoms with Gasteiger partial charge in [-0.2, -0.15) is 8.42 Å². The summed E-state index contributed by atoms with van der Waals surface area (Å²) in [5, 5.41) is 0. The van der Waals surface area contributed by atoms with E-state index in [1.807, 2.05) is 12.1 Å². The first-order chi connectivity index (χ1) is 11.1. The van der Waals surface area contributed by atoms with E-state index in [0.29, 0.717) is 4.90 Å². The van der Waals surface area contributed by atoms with E-state index in [1.165, 1.54) is 58.5 Å². The molecule has 0 spiro atoms. The molecule has 0 aliphatic heterocycles. The monoisotopic (exact) mass is 363 g/mol. The quantitative estimate of drug-likeness (QED) is 0.278. The molecule has 0 saturated heterocycles. The molecule has 133 valence electrons. The molecule has 0 aliphatic carbocycles. The van der Waals surface area contributed by atoms with Crippen molar-refractivity contribution in [3.05, 3.63) is 29.8 Å². The molecule has 0 aliphatic rings. The molecule has 0 amide bonds. The first-order valence-corrected chi connectivity index (χ1v) is 10.4. The van der Waals surface area contributed by atoms with Crippen molar-refractivity contribution in [1.82, 2.24) is 0 Å². The molecule has 0 heterocycles. The van der Waals surface area contributed by atoms with Gasteiger partial charge in [0.25, 0.3) is 10.1 Å². The zero-order chi connectivity index (χ0) is 17.0. The SMILES string of the molecule is CCCCCCCCCCCCc1ccccc1S(=O)(=O)OC.[Na]. The summed E-state index contributed by atoms with van der Waals surface area (Å²) < 4.78 is 28.4. The fourth-order valence-corrected chi connectivity index (χ4v) is 3.76. The summed E-state index contributed by atoms with van der Waals surface area (Å²) in [4.78, 5) is 0.318. The van der Waals surface area contributed by atoms with Gasteiger partial charge in [0, 0.05) is 29.6 Å². The Morgan fingerprint density at radius 1 is 0.833 bits per heavy atom. The second-order valence-corrected chi connectivity index (χ2v) is 7.84. The molecular weight excluding hydrogens is 331 g/mol. The van der Waals surface area contributed by atoms with E-state index in [2.05, 4.69) is 11.1 Å². The zero-order valence-corrected chi connectivity index (χ0v) is 18.5. The predicted molar refractivity (Wildman–Crippen MR) is 102 cm³/mol. The zero-order valence-electron chi connectivity index (χ0n) is 15.7. The van der Waals surface area contributed by atoms with Crippen LogP contribution < -0.4 is 0 Å². The molecule has 1 radical (unpaired) electrons. The largest absolute Gasteiger partial charge is 0.296 e. The summed E-state index contributed by atoms with van der Waals surface area (Å²) in [6.07, 6.45) is 13.6. The van der Waals surface area contributed by atoms with Gasteiger partial charge in [0.2, 0.25) is 0 Å². The van der Waals surface area contributed by atoms with Crippen LogP contribution in [0, 0.1) is 0 Å². The second kappa shape index (κ2) is 14.3. The van der Waals surface area contributed by atoms with E-state index in [-0.39, 0.29) is 29.6 Å². The molecule has 0 aromatic heterocycles. The number of aryl methyl sites for hydroxylation is 1. The molecule has 24 heavy (non-hydrogen) atoms. The molecule has 0 atom stereocenters. The van der Waals surface area contributed by atoms with Crippen LogP contribution in [0.4, 0.5) is 0 Å². The van der Waals surface area contributed by atoms with E-state index in [9.17, 15) is 8.42 Å². The van der Waals surface area contributed by atoms with Gasteiger partial charge in [-0.3, -0.25) is 4.18 Å². The van der Waals surface area contributed by atoms with Gasteiger partial charge < -0.3 is 0 Å². The van der Waals surface area contributed by atoms with Crippen LogP contribution in [0.2, 0.25) is 0 Å². The Morgan fingerprint density at radius 3 is 1.88 bits per heavy atom. The topological polar surface area (TPSA) is 43.4 Å². The summed E-state index contributed by atoms with van der Waals surface area (Å²) in [5.41, 5.74) is 0.869. The third-order valence-electron chi connectivity index (χ3n) is 4.26. The number of unbranched alkanes of at least 4 members (excludes halogenated alkanes) is 9. The maximum atomic E-state index is 11.9. The van der Waals surface area contributed by atoms with Gasteiger partial charge in [0.1, 0.15) is 0 Å². The van der Waals surface area contributed by atoms with Crippen LogP contribution in [0.3, 0.4) is 0 Å². The van der Waals surface area contributed by atoms with Crippen molar-refractivity contribution < 1.29 is 12.6 Å². The first-order valence-electron chi connectivity index (χ1n) is 9.00. The number of rotatable bonds is 13. The van der Waals surface area contributed by atoms with Crippen LogP contribution in [0.15, 0.2) is 29.2 Å². The Bertz CT molecular complexity index is 529. The molecule has 1 aromatic carbocycles. The Labute approximate surface area is 171 Å². The Hall–Kier alpha value is 0.130. The van der Waals surface area contributed by atoms with E-state index < -0.39 is 10.1 Å². The Morgan fingerprint density at radius 2 is 1.33 bits per heavy atom. The van der Waals surface area contributed by atoms with Gasteiger partial charge in [-0.05, 0) is 24.5 Å². The van der Waals surface area contributed by atoms with Gasteiger partial charge >= 0.3 is 0 Å². The molecule has 5 heteroatoms. The van der Waals surface area contributed by atoms with Crippen LogP contribution in [-0.4, -0.2) is 45.1 Å². The van der Waals surface area contributed by atoms with E-state index >= 15 is 0 Å². The van der Waals surface area contributed by atoms with Crippen molar-refractivity contribution in [2.45, 2.75) is 82.4 Å². The van der Waals surface area contributed by atoms with Gasteiger partial charge in [0.05, 0.1) is 12.0 Å². The van der Waals surface area contributed by atoms with Crippen molar-refractivity contribution in [3.63, 3.8) is 0 Å². The summed E-state index contributed by atoms with van der Waals surface area (Å²) in [7, 11) is -2.38. The van der Waals surface area contributed by atoms with Gasteiger partial charge in [-0.25, -0.2) is 0 Å². The van der Waals surface area contributed by atoms with Crippen molar-refractivity contribution >= 4 is 39.7 Å².